The monoisotopic (exact) mass is 324 g/mol. The van der Waals surface area contributed by atoms with E-state index in [4.69, 9.17) is 10.8 Å². The number of carboxylic acids is 1. The molecule has 0 aromatic heterocycles. The summed E-state index contributed by atoms with van der Waals surface area (Å²) in [6, 6.07) is 9.65. The van der Waals surface area contributed by atoms with Crippen LogP contribution in [0.3, 0.4) is 0 Å². The van der Waals surface area contributed by atoms with Gasteiger partial charge in [0.15, 0.2) is 0 Å². The fourth-order valence-corrected chi connectivity index (χ4v) is 2.02. The van der Waals surface area contributed by atoms with Crippen molar-refractivity contribution in [2.24, 2.45) is 0 Å². The third kappa shape index (κ3) is 2.68. The van der Waals surface area contributed by atoms with Crippen molar-refractivity contribution in [1.29, 1.82) is 0 Å². The van der Waals surface area contributed by atoms with Gasteiger partial charge >= 0.3 is 5.97 Å². The molecule has 0 amide bonds. The Labute approximate surface area is 117 Å². The summed E-state index contributed by atoms with van der Waals surface area (Å²) in [5.74, 6) is -2.04. The predicted octanol–water partition coefficient (Wildman–Crippen LogP) is 3.61. The lowest BCUT2D eigenvalue weighted by atomic mass is 10.1. The molecule has 0 saturated carbocycles. The second kappa shape index (κ2) is 5.27. The first-order valence-electron chi connectivity index (χ1n) is 5.33. The zero-order valence-electron chi connectivity index (χ0n) is 9.65. The highest BCUT2D eigenvalue weighted by molar-refractivity contribution is 9.10. The minimum Gasteiger partial charge on any atom is -0.478 e. The van der Waals surface area contributed by atoms with Gasteiger partial charge in [-0.05, 0) is 40.2 Å². The Morgan fingerprint density at radius 3 is 2.53 bits per heavy atom. The lowest BCUT2D eigenvalue weighted by Crippen LogP contribution is -2.08. The normalized spacial score (nSPS) is 10.2. The second-order valence-corrected chi connectivity index (χ2v) is 4.65. The SMILES string of the molecule is Nc1c(F)ccc(Nc2ccccc2Br)c1C(=O)O. The second-order valence-electron chi connectivity index (χ2n) is 3.79. The van der Waals surface area contributed by atoms with Gasteiger partial charge in [0.1, 0.15) is 11.4 Å². The van der Waals surface area contributed by atoms with E-state index in [2.05, 4.69) is 21.2 Å². The van der Waals surface area contributed by atoms with Crippen LogP contribution in [-0.4, -0.2) is 11.1 Å². The molecule has 0 heterocycles. The van der Waals surface area contributed by atoms with Crippen LogP contribution in [0.2, 0.25) is 0 Å². The van der Waals surface area contributed by atoms with Crippen LogP contribution in [0.5, 0.6) is 0 Å². The van der Waals surface area contributed by atoms with E-state index in [0.717, 1.165) is 10.5 Å². The summed E-state index contributed by atoms with van der Waals surface area (Å²) in [7, 11) is 0. The minimum absolute atomic E-state index is 0.235. The molecule has 0 spiro atoms. The predicted molar refractivity (Wildman–Crippen MR) is 75.2 cm³/mol. The van der Waals surface area contributed by atoms with E-state index >= 15 is 0 Å². The third-order valence-electron chi connectivity index (χ3n) is 2.55. The summed E-state index contributed by atoms with van der Waals surface area (Å²) >= 11 is 3.33. The summed E-state index contributed by atoms with van der Waals surface area (Å²) in [6.45, 7) is 0. The maximum atomic E-state index is 13.3. The molecule has 0 radical (unpaired) electrons. The van der Waals surface area contributed by atoms with Crippen LogP contribution in [0.4, 0.5) is 21.5 Å². The summed E-state index contributed by atoms with van der Waals surface area (Å²) in [5.41, 5.74) is 5.70. The number of nitrogens with two attached hydrogens (primary N) is 1. The molecule has 0 unspecified atom stereocenters. The molecular formula is C13H10BrFN2O2. The fraction of sp³-hybridized carbons (Fsp3) is 0. The zero-order chi connectivity index (χ0) is 14.0. The summed E-state index contributed by atoms with van der Waals surface area (Å²) in [4.78, 5) is 11.2. The van der Waals surface area contributed by atoms with E-state index in [1.54, 1.807) is 18.2 Å². The van der Waals surface area contributed by atoms with Crippen LogP contribution < -0.4 is 11.1 Å². The molecule has 2 rings (SSSR count). The van der Waals surface area contributed by atoms with Gasteiger partial charge in [0.05, 0.1) is 17.1 Å². The molecule has 6 heteroatoms. The maximum absolute atomic E-state index is 13.3. The first kappa shape index (κ1) is 13.4. The number of halogens is 2. The van der Waals surface area contributed by atoms with Crippen molar-refractivity contribution in [3.63, 3.8) is 0 Å². The summed E-state index contributed by atoms with van der Waals surface area (Å²) in [6.07, 6.45) is 0. The molecule has 2 aromatic carbocycles. The number of nitrogen functional groups attached to an aromatic ring is 1. The van der Waals surface area contributed by atoms with Crippen LogP contribution in [-0.2, 0) is 0 Å². The third-order valence-corrected chi connectivity index (χ3v) is 3.24. The molecular weight excluding hydrogens is 315 g/mol. The van der Waals surface area contributed by atoms with Crippen molar-refractivity contribution in [2.75, 3.05) is 11.1 Å². The highest BCUT2D eigenvalue weighted by Gasteiger charge is 2.17. The van der Waals surface area contributed by atoms with Crippen molar-refractivity contribution in [3.8, 4) is 0 Å². The topological polar surface area (TPSA) is 75.3 Å². The van der Waals surface area contributed by atoms with E-state index in [1.807, 2.05) is 6.07 Å². The minimum atomic E-state index is -1.29. The van der Waals surface area contributed by atoms with E-state index in [-0.39, 0.29) is 16.9 Å². The molecule has 0 fully saturated rings. The van der Waals surface area contributed by atoms with Gasteiger partial charge in [-0.25, -0.2) is 9.18 Å². The number of benzene rings is 2. The standard InChI is InChI=1S/C13H10BrFN2O2/c14-7-3-1-2-4-9(7)17-10-6-5-8(15)12(16)11(10)13(18)19/h1-6,17H,16H2,(H,18,19). The van der Waals surface area contributed by atoms with Gasteiger partial charge in [0, 0.05) is 4.47 Å². The smallest absolute Gasteiger partial charge is 0.340 e. The number of carbonyl (C=O) groups is 1. The van der Waals surface area contributed by atoms with Gasteiger partial charge in [-0.3, -0.25) is 0 Å². The lowest BCUT2D eigenvalue weighted by Gasteiger charge is -2.13. The molecule has 0 atom stereocenters. The Hall–Kier alpha value is -2.08. The fourth-order valence-electron chi connectivity index (χ4n) is 1.64. The van der Waals surface area contributed by atoms with Gasteiger partial charge in [-0.15, -0.1) is 0 Å². The largest absolute Gasteiger partial charge is 0.478 e. The Bertz CT molecular complexity index is 647. The average Bonchev–Trinajstić information content (AvgIpc) is 2.36. The highest BCUT2D eigenvalue weighted by atomic mass is 79.9. The van der Waals surface area contributed by atoms with Crippen LogP contribution in [0.1, 0.15) is 10.4 Å². The van der Waals surface area contributed by atoms with Gasteiger partial charge < -0.3 is 16.2 Å². The van der Waals surface area contributed by atoms with Crippen LogP contribution >= 0.6 is 15.9 Å². The average molecular weight is 325 g/mol. The number of rotatable bonds is 3. The number of hydrogen-bond donors (Lipinski definition) is 3. The van der Waals surface area contributed by atoms with E-state index in [0.29, 0.717) is 5.69 Å². The van der Waals surface area contributed by atoms with Crippen molar-refractivity contribution in [3.05, 3.63) is 52.3 Å². The first-order valence-corrected chi connectivity index (χ1v) is 6.13. The lowest BCUT2D eigenvalue weighted by molar-refractivity contribution is 0.0698. The molecule has 0 aliphatic heterocycles. The Morgan fingerprint density at radius 2 is 1.89 bits per heavy atom. The molecule has 0 aliphatic rings. The van der Waals surface area contributed by atoms with E-state index < -0.39 is 11.8 Å². The molecule has 4 N–H and O–H groups in total. The number of aromatic carboxylic acids is 1. The van der Waals surface area contributed by atoms with E-state index in [9.17, 15) is 9.18 Å². The van der Waals surface area contributed by atoms with Crippen molar-refractivity contribution in [2.45, 2.75) is 0 Å². The molecule has 19 heavy (non-hydrogen) atoms. The first-order chi connectivity index (χ1) is 9.00. The summed E-state index contributed by atoms with van der Waals surface area (Å²) < 4.78 is 14.1. The molecule has 98 valence electrons. The van der Waals surface area contributed by atoms with Gasteiger partial charge in [0.2, 0.25) is 0 Å². The van der Waals surface area contributed by atoms with Crippen molar-refractivity contribution in [1.82, 2.24) is 0 Å². The number of nitrogens with one attached hydrogen (secondary N) is 1. The molecule has 0 aliphatic carbocycles. The molecule has 0 saturated heterocycles. The maximum Gasteiger partial charge on any atom is 0.340 e. The number of hydrogen-bond acceptors (Lipinski definition) is 3. The Balaban J connectivity index is 2.49. The zero-order valence-corrected chi connectivity index (χ0v) is 11.2. The van der Waals surface area contributed by atoms with Crippen LogP contribution in [0.25, 0.3) is 0 Å². The molecule has 4 nitrogen and oxygen atoms in total. The summed E-state index contributed by atoms with van der Waals surface area (Å²) in [5, 5.41) is 12.0. The van der Waals surface area contributed by atoms with Gasteiger partial charge in [0.25, 0.3) is 0 Å². The molecule has 2 aromatic rings. The number of carboxylic acid groups (broad SMARTS) is 1. The Morgan fingerprint density at radius 1 is 1.21 bits per heavy atom. The van der Waals surface area contributed by atoms with Crippen LogP contribution in [0.15, 0.2) is 40.9 Å². The highest BCUT2D eigenvalue weighted by Crippen LogP contribution is 2.30. The Kier molecular flexibility index (Phi) is 3.71. The number of para-hydroxylation sites is 1. The quantitative estimate of drug-likeness (QED) is 0.754. The van der Waals surface area contributed by atoms with Gasteiger partial charge in [-0.1, -0.05) is 12.1 Å². The van der Waals surface area contributed by atoms with E-state index in [1.165, 1.54) is 6.07 Å². The number of anilines is 3. The van der Waals surface area contributed by atoms with Crippen LogP contribution in [0, 0.1) is 5.82 Å². The van der Waals surface area contributed by atoms with Crippen molar-refractivity contribution >= 4 is 39.0 Å². The van der Waals surface area contributed by atoms with Gasteiger partial charge in [-0.2, -0.15) is 0 Å². The van der Waals surface area contributed by atoms with Crippen molar-refractivity contribution < 1.29 is 14.3 Å². The molecule has 0 bridgehead atoms.